The molecule has 0 saturated carbocycles. The van der Waals surface area contributed by atoms with Crippen LogP contribution in [0.4, 0.5) is 8.78 Å². The molecule has 0 radical (unpaired) electrons. The molecule has 37 heavy (non-hydrogen) atoms. The van der Waals surface area contributed by atoms with Crippen molar-refractivity contribution in [1.82, 2.24) is 29.4 Å². The molecule has 0 spiro atoms. The standard InChI is InChI=1S/C26H28F2N6O2S/c1-16-12-21(31-34(16)22-13-18(27)6-7-20(22)28)24-17(2)30-26-33(25(24)36)19(15-37-26)14-23(35)29-8-11-32-9-4-3-5-10-32/h6-7,12-13,15H,3-5,8-11,14H2,1-2H3,(H,29,35). The molecule has 194 valence electrons. The van der Waals surface area contributed by atoms with Gasteiger partial charge in [0.25, 0.3) is 5.56 Å². The first-order valence-corrected chi connectivity index (χ1v) is 13.2. The van der Waals surface area contributed by atoms with E-state index in [1.165, 1.54) is 39.7 Å². The number of hydrogen-bond acceptors (Lipinski definition) is 6. The summed E-state index contributed by atoms with van der Waals surface area (Å²) in [4.78, 5) is 33.7. The van der Waals surface area contributed by atoms with Gasteiger partial charge in [-0.2, -0.15) is 5.10 Å². The molecule has 11 heteroatoms. The van der Waals surface area contributed by atoms with E-state index in [2.05, 4.69) is 20.3 Å². The van der Waals surface area contributed by atoms with Crippen LogP contribution in [0.2, 0.25) is 0 Å². The summed E-state index contributed by atoms with van der Waals surface area (Å²) in [5.74, 6) is -1.38. The Bertz CT molecular complexity index is 1520. The third-order valence-electron chi connectivity index (χ3n) is 6.64. The van der Waals surface area contributed by atoms with Gasteiger partial charge in [0.2, 0.25) is 5.91 Å². The van der Waals surface area contributed by atoms with Crippen LogP contribution in [0.5, 0.6) is 0 Å². The first kappa shape index (κ1) is 25.2. The number of halogens is 2. The number of fused-ring (bicyclic) bond motifs is 1. The average molecular weight is 527 g/mol. The predicted octanol–water partition coefficient (Wildman–Crippen LogP) is 3.65. The number of aryl methyl sites for hydroxylation is 2. The number of amides is 1. The normalized spacial score (nSPS) is 14.4. The number of carbonyl (C=O) groups is 1. The molecule has 5 rings (SSSR count). The number of hydrogen-bond donors (Lipinski definition) is 1. The molecule has 1 saturated heterocycles. The zero-order valence-electron chi connectivity index (χ0n) is 20.8. The number of piperidine rings is 1. The topological polar surface area (TPSA) is 84.5 Å². The first-order chi connectivity index (χ1) is 17.8. The third-order valence-corrected chi connectivity index (χ3v) is 7.52. The Morgan fingerprint density at radius 2 is 1.92 bits per heavy atom. The number of nitrogens with zero attached hydrogens (tertiary/aromatic N) is 5. The van der Waals surface area contributed by atoms with Gasteiger partial charge in [-0.05, 0) is 58.0 Å². The molecule has 0 aliphatic carbocycles. The molecule has 0 unspecified atom stereocenters. The number of aromatic nitrogens is 4. The zero-order chi connectivity index (χ0) is 26.1. The first-order valence-electron chi connectivity index (χ1n) is 12.3. The number of likely N-dealkylation sites (tertiary alicyclic amines) is 1. The van der Waals surface area contributed by atoms with Crippen molar-refractivity contribution in [1.29, 1.82) is 0 Å². The van der Waals surface area contributed by atoms with Crippen molar-refractivity contribution in [3.8, 4) is 16.9 Å². The van der Waals surface area contributed by atoms with Gasteiger partial charge in [-0.25, -0.2) is 18.4 Å². The summed E-state index contributed by atoms with van der Waals surface area (Å²) in [5, 5.41) is 9.14. The summed E-state index contributed by atoms with van der Waals surface area (Å²) in [6.07, 6.45) is 3.70. The molecule has 1 N–H and O–H groups in total. The predicted molar refractivity (Wildman–Crippen MR) is 138 cm³/mol. The Balaban J connectivity index is 1.41. The molecule has 0 atom stereocenters. The van der Waals surface area contributed by atoms with E-state index in [1.54, 1.807) is 25.3 Å². The second kappa shape index (κ2) is 10.5. The largest absolute Gasteiger partial charge is 0.354 e. The molecule has 1 fully saturated rings. The highest BCUT2D eigenvalue weighted by Crippen LogP contribution is 2.24. The Morgan fingerprint density at radius 3 is 2.70 bits per heavy atom. The average Bonchev–Trinajstić information content (AvgIpc) is 3.44. The van der Waals surface area contributed by atoms with Crippen LogP contribution in [-0.4, -0.2) is 56.2 Å². The molecule has 8 nitrogen and oxygen atoms in total. The van der Waals surface area contributed by atoms with Gasteiger partial charge in [-0.1, -0.05) is 6.42 Å². The molecule has 4 heterocycles. The van der Waals surface area contributed by atoms with E-state index in [1.807, 2.05) is 0 Å². The smallest absolute Gasteiger partial charge is 0.268 e. The third kappa shape index (κ3) is 5.19. The second-order valence-corrected chi connectivity index (χ2v) is 10.2. The maximum Gasteiger partial charge on any atom is 0.268 e. The highest BCUT2D eigenvalue weighted by atomic mass is 32.1. The van der Waals surface area contributed by atoms with E-state index in [0.29, 0.717) is 34.3 Å². The monoisotopic (exact) mass is 526 g/mol. The zero-order valence-corrected chi connectivity index (χ0v) is 21.6. The minimum absolute atomic E-state index is 0.0477. The fourth-order valence-corrected chi connectivity index (χ4v) is 5.70. The van der Waals surface area contributed by atoms with Crippen LogP contribution in [0.3, 0.4) is 0 Å². The summed E-state index contributed by atoms with van der Waals surface area (Å²) >= 11 is 1.29. The van der Waals surface area contributed by atoms with Crippen LogP contribution >= 0.6 is 11.3 Å². The van der Waals surface area contributed by atoms with Crippen LogP contribution in [0.15, 0.2) is 34.4 Å². The Kier molecular flexibility index (Phi) is 7.16. The van der Waals surface area contributed by atoms with Crippen LogP contribution in [0.1, 0.15) is 36.3 Å². The maximum absolute atomic E-state index is 14.4. The van der Waals surface area contributed by atoms with Gasteiger partial charge in [0.1, 0.15) is 23.0 Å². The van der Waals surface area contributed by atoms with Crippen molar-refractivity contribution in [2.75, 3.05) is 26.2 Å². The SMILES string of the molecule is Cc1nc2scc(CC(=O)NCCN3CCCCC3)n2c(=O)c1-c1cc(C)n(-c2cc(F)ccc2F)n1. The number of carbonyl (C=O) groups excluding carboxylic acids is 1. The van der Waals surface area contributed by atoms with E-state index in [-0.39, 0.29) is 29.1 Å². The molecule has 1 amide bonds. The molecular formula is C26H28F2N6O2S. The lowest BCUT2D eigenvalue weighted by molar-refractivity contribution is -0.120. The lowest BCUT2D eigenvalue weighted by Gasteiger charge is -2.26. The molecule has 1 aromatic carbocycles. The highest BCUT2D eigenvalue weighted by Gasteiger charge is 2.21. The van der Waals surface area contributed by atoms with Crippen molar-refractivity contribution >= 4 is 22.2 Å². The fourth-order valence-electron chi connectivity index (χ4n) is 4.78. The Morgan fingerprint density at radius 1 is 1.14 bits per heavy atom. The minimum atomic E-state index is -0.632. The highest BCUT2D eigenvalue weighted by molar-refractivity contribution is 7.15. The number of benzene rings is 1. The maximum atomic E-state index is 14.4. The molecule has 3 aromatic heterocycles. The van der Waals surface area contributed by atoms with Crippen molar-refractivity contribution < 1.29 is 13.6 Å². The van der Waals surface area contributed by atoms with Crippen LogP contribution in [0, 0.1) is 25.5 Å². The van der Waals surface area contributed by atoms with Crippen molar-refractivity contribution in [3.63, 3.8) is 0 Å². The number of thiazole rings is 1. The lowest BCUT2D eigenvalue weighted by atomic mass is 10.1. The van der Waals surface area contributed by atoms with Crippen molar-refractivity contribution in [2.24, 2.45) is 0 Å². The van der Waals surface area contributed by atoms with Crippen molar-refractivity contribution in [3.05, 3.63) is 68.7 Å². The van der Waals surface area contributed by atoms with Gasteiger partial charge in [-0.3, -0.25) is 14.0 Å². The summed E-state index contributed by atoms with van der Waals surface area (Å²) in [6.45, 7) is 6.91. The fraction of sp³-hybridized carbons (Fsp3) is 0.385. The van der Waals surface area contributed by atoms with Gasteiger partial charge >= 0.3 is 0 Å². The van der Waals surface area contributed by atoms with Crippen molar-refractivity contribution in [2.45, 2.75) is 39.5 Å². The van der Waals surface area contributed by atoms with E-state index in [9.17, 15) is 18.4 Å². The van der Waals surface area contributed by atoms with E-state index >= 15 is 0 Å². The van der Waals surface area contributed by atoms with E-state index in [0.717, 1.165) is 37.8 Å². The summed E-state index contributed by atoms with van der Waals surface area (Å²) in [5.41, 5.74) is 1.68. The molecule has 4 aromatic rings. The van der Waals surface area contributed by atoms with Gasteiger partial charge in [0, 0.05) is 35.9 Å². The van der Waals surface area contributed by atoms with Crippen LogP contribution < -0.4 is 10.9 Å². The number of nitrogens with one attached hydrogen (secondary N) is 1. The number of rotatable bonds is 7. The quantitative estimate of drug-likeness (QED) is 0.398. The lowest BCUT2D eigenvalue weighted by Crippen LogP contribution is -2.38. The molecule has 1 aliphatic heterocycles. The molecule has 1 aliphatic rings. The van der Waals surface area contributed by atoms with Gasteiger partial charge < -0.3 is 10.2 Å². The summed E-state index contributed by atoms with van der Waals surface area (Å²) in [7, 11) is 0. The van der Waals surface area contributed by atoms with Gasteiger partial charge in [-0.15, -0.1) is 11.3 Å². The van der Waals surface area contributed by atoms with Gasteiger partial charge in [0.05, 0.1) is 17.7 Å². The summed E-state index contributed by atoms with van der Waals surface area (Å²) < 4.78 is 30.9. The van der Waals surface area contributed by atoms with Crippen LogP contribution in [-0.2, 0) is 11.2 Å². The van der Waals surface area contributed by atoms with E-state index in [4.69, 9.17) is 0 Å². The van der Waals surface area contributed by atoms with Crippen LogP contribution in [0.25, 0.3) is 21.9 Å². The minimum Gasteiger partial charge on any atom is -0.354 e. The second-order valence-electron chi connectivity index (χ2n) is 9.33. The molecular weight excluding hydrogens is 498 g/mol. The van der Waals surface area contributed by atoms with Gasteiger partial charge in [0.15, 0.2) is 4.96 Å². The summed E-state index contributed by atoms with van der Waals surface area (Å²) in [6, 6.07) is 4.77. The molecule has 0 bridgehead atoms. The van der Waals surface area contributed by atoms with E-state index < -0.39 is 11.6 Å². The Hall–Kier alpha value is -3.44. The Labute approximate surface area is 216 Å².